The van der Waals surface area contributed by atoms with Crippen molar-refractivity contribution in [1.82, 2.24) is 0 Å². The number of aliphatic hydroxyl groups is 1. The first kappa shape index (κ1) is 16.3. The summed E-state index contributed by atoms with van der Waals surface area (Å²) in [6, 6.07) is 13.4. The summed E-state index contributed by atoms with van der Waals surface area (Å²) < 4.78 is 30.7. The van der Waals surface area contributed by atoms with Crippen LogP contribution in [0.15, 0.2) is 53.4 Å². The smallest absolute Gasteiger partial charge is 0.182 e. The summed E-state index contributed by atoms with van der Waals surface area (Å²) in [7, 11) is -1.93. The highest BCUT2D eigenvalue weighted by Crippen LogP contribution is 2.53. The zero-order valence-electron chi connectivity index (χ0n) is 12.5. The molecular weight excluding hydrogens is 336 g/mol. The van der Waals surface area contributed by atoms with E-state index in [2.05, 4.69) is 0 Å². The Morgan fingerprint density at radius 1 is 1.09 bits per heavy atom. The molecule has 122 valence electrons. The van der Waals surface area contributed by atoms with Gasteiger partial charge in [0.1, 0.15) is 5.75 Å². The lowest BCUT2D eigenvalue weighted by Crippen LogP contribution is -2.11. The molecule has 0 bridgehead atoms. The van der Waals surface area contributed by atoms with Gasteiger partial charge in [0.25, 0.3) is 0 Å². The fourth-order valence-electron chi connectivity index (χ4n) is 3.03. The van der Waals surface area contributed by atoms with Crippen LogP contribution in [0.4, 0.5) is 0 Å². The number of rotatable bonds is 5. The Hall–Kier alpha value is -1.56. The standard InChI is InChI=1S/C17H17ClO4S/c1-22-13-6-2-11(3-7-13)16-15(10-19)17(16)23(20,21)14-8-4-12(18)5-9-14/h2-9,15-17,19H,10H2,1H3. The zero-order valence-corrected chi connectivity index (χ0v) is 14.1. The summed E-state index contributed by atoms with van der Waals surface area (Å²) in [5.74, 6) is 0.225. The topological polar surface area (TPSA) is 63.6 Å². The molecule has 23 heavy (non-hydrogen) atoms. The number of halogens is 1. The zero-order chi connectivity index (χ0) is 16.6. The van der Waals surface area contributed by atoms with E-state index in [0.29, 0.717) is 10.8 Å². The van der Waals surface area contributed by atoms with Crippen molar-refractivity contribution in [2.45, 2.75) is 16.1 Å². The number of benzene rings is 2. The molecule has 0 aromatic heterocycles. The van der Waals surface area contributed by atoms with Crippen LogP contribution in [0.25, 0.3) is 0 Å². The van der Waals surface area contributed by atoms with Crippen molar-refractivity contribution < 1.29 is 18.3 Å². The third-order valence-corrected chi connectivity index (χ3v) is 6.85. The Balaban J connectivity index is 1.90. The van der Waals surface area contributed by atoms with Gasteiger partial charge in [0.15, 0.2) is 9.84 Å². The second-order valence-electron chi connectivity index (χ2n) is 5.61. The van der Waals surface area contributed by atoms with Gasteiger partial charge in [0.2, 0.25) is 0 Å². The van der Waals surface area contributed by atoms with Crippen molar-refractivity contribution in [1.29, 1.82) is 0 Å². The summed E-state index contributed by atoms with van der Waals surface area (Å²) in [5, 5.41) is 9.43. The van der Waals surface area contributed by atoms with Gasteiger partial charge in [-0.2, -0.15) is 0 Å². The van der Waals surface area contributed by atoms with E-state index in [0.717, 1.165) is 5.56 Å². The lowest BCUT2D eigenvalue weighted by molar-refractivity contribution is 0.274. The second kappa shape index (κ2) is 6.15. The molecule has 3 unspecified atom stereocenters. The molecule has 0 amide bonds. The minimum absolute atomic E-state index is 0.159. The van der Waals surface area contributed by atoms with Crippen molar-refractivity contribution in [3.8, 4) is 5.75 Å². The number of methoxy groups -OCH3 is 1. The van der Waals surface area contributed by atoms with Crippen molar-refractivity contribution in [3.05, 3.63) is 59.1 Å². The van der Waals surface area contributed by atoms with E-state index in [9.17, 15) is 13.5 Å². The van der Waals surface area contributed by atoms with E-state index < -0.39 is 15.1 Å². The molecule has 0 saturated heterocycles. The van der Waals surface area contributed by atoms with Crippen LogP contribution in [0.1, 0.15) is 11.5 Å². The molecule has 0 radical (unpaired) electrons. The monoisotopic (exact) mass is 352 g/mol. The van der Waals surface area contributed by atoms with Gasteiger partial charge < -0.3 is 9.84 Å². The molecular formula is C17H17ClO4S. The van der Waals surface area contributed by atoms with Gasteiger partial charge in [-0.25, -0.2) is 8.42 Å². The summed E-state index contributed by atoms with van der Waals surface area (Å²) in [6.45, 7) is -0.159. The third-order valence-electron chi connectivity index (χ3n) is 4.31. The van der Waals surface area contributed by atoms with Crippen LogP contribution in [0.5, 0.6) is 5.75 Å². The number of aliphatic hydroxyl groups excluding tert-OH is 1. The largest absolute Gasteiger partial charge is 0.497 e. The van der Waals surface area contributed by atoms with Gasteiger partial charge in [-0.05, 0) is 42.0 Å². The summed E-state index contributed by atoms with van der Waals surface area (Å²) in [6.07, 6.45) is 0. The lowest BCUT2D eigenvalue weighted by Gasteiger charge is -2.05. The molecule has 3 atom stereocenters. The SMILES string of the molecule is COc1ccc(C2C(CO)C2S(=O)(=O)c2ccc(Cl)cc2)cc1. The Bertz CT molecular complexity index is 784. The van der Waals surface area contributed by atoms with E-state index in [1.165, 1.54) is 12.1 Å². The van der Waals surface area contributed by atoms with Crippen LogP contribution in [-0.2, 0) is 9.84 Å². The van der Waals surface area contributed by atoms with E-state index in [4.69, 9.17) is 16.3 Å². The minimum Gasteiger partial charge on any atom is -0.497 e. The predicted octanol–water partition coefficient (Wildman–Crippen LogP) is 2.90. The van der Waals surface area contributed by atoms with Gasteiger partial charge >= 0.3 is 0 Å². The molecule has 6 heteroatoms. The van der Waals surface area contributed by atoms with Gasteiger partial charge in [-0.3, -0.25) is 0 Å². The molecule has 1 fully saturated rings. The molecule has 0 aliphatic heterocycles. The van der Waals surface area contributed by atoms with Crippen molar-refractivity contribution in [3.63, 3.8) is 0 Å². The first-order valence-electron chi connectivity index (χ1n) is 7.23. The number of hydrogen-bond donors (Lipinski definition) is 1. The van der Waals surface area contributed by atoms with Crippen LogP contribution in [0.2, 0.25) is 5.02 Å². The van der Waals surface area contributed by atoms with Gasteiger partial charge in [-0.1, -0.05) is 23.7 Å². The maximum absolute atomic E-state index is 12.8. The molecule has 3 rings (SSSR count). The molecule has 2 aromatic carbocycles. The summed E-state index contributed by atoms with van der Waals surface area (Å²) in [5.41, 5.74) is 0.896. The molecule has 1 N–H and O–H groups in total. The third kappa shape index (κ3) is 2.96. The Kier molecular flexibility index (Phi) is 4.36. The van der Waals surface area contributed by atoms with Crippen molar-refractivity contribution >= 4 is 21.4 Å². The molecule has 0 heterocycles. The van der Waals surface area contributed by atoms with E-state index in [-0.39, 0.29) is 23.3 Å². The van der Waals surface area contributed by atoms with E-state index in [1.807, 2.05) is 12.1 Å². The molecule has 0 spiro atoms. The first-order valence-corrected chi connectivity index (χ1v) is 9.15. The molecule has 1 aliphatic carbocycles. The second-order valence-corrected chi connectivity index (χ2v) is 8.15. The van der Waals surface area contributed by atoms with Crippen LogP contribution < -0.4 is 4.74 Å². The molecule has 1 aliphatic rings. The highest BCUT2D eigenvalue weighted by molar-refractivity contribution is 7.92. The van der Waals surface area contributed by atoms with Crippen molar-refractivity contribution in [2.24, 2.45) is 5.92 Å². The van der Waals surface area contributed by atoms with Crippen LogP contribution in [0, 0.1) is 5.92 Å². The van der Waals surface area contributed by atoms with Crippen LogP contribution in [0.3, 0.4) is 0 Å². The fourth-order valence-corrected chi connectivity index (χ4v) is 5.35. The predicted molar refractivity (Wildman–Crippen MR) is 88.7 cm³/mol. The number of hydrogen-bond acceptors (Lipinski definition) is 4. The molecule has 1 saturated carbocycles. The average molecular weight is 353 g/mol. The minimum atomic E-state index is -3.51. The summed E-state index contributed by atoms with van der Waals surface area (Å²) in [4.78, 5) is 0.237. The highest BCUT2D eigenvalue weighted by atomic mass is 35.5. The normalized spacial score (nSPS) is 23.5. The highest BCUT2D eigenvalue weighted by Gasteiger charge is 2.58. The molecule has 2 aromatic rings. The van der Waals surface area contributed by atoms with Gasteiger partial charge in [0, 0.05) is 23.5 Å². The maximum Gasteiger partial charge on any atom is 0.182 e. The van der Waals surface area contributed by atoms with E-state index in [1.54, 1.807) is 31.4 Å². The summed E-state index contributed by atoms with van der Waals surface area (Å²) >= 11 is 5.82. The first-order chi connectivity index (χ1) is 11.0. The Labute approximate surface area is 140 Å². The quantitative estimate of drug-likeness (QED) is 0.898. The van der Waals surface area contributed by atoms with Crippen LogP contribution >= 0.6 is 11.6 Å². The van der Waals surface area contributed by atoms with Gasteiger partial charge in [-0.15, -0.1) is 0 Å². The van der Waals surface area contributed by atoms with Crippen LogP contribution in [-0.4, -0.2) is 32.5 Å². The number of sulfone groups is 1. The number of ether oxygens (including phenoxy) is 1. The molecule has 4 nitrogen and oxygen atoms in total. The van der Waals surface area contributed by atoms with Crippen molar-refractivity contribution in [2.75, 3.05) is 13.7 Å². The van der Waals surface area contributed by atoms with Gasteiger partial charge in [0.05, 0.1) is 17.3 Å². The average Bonchev–Trinajstić information content (AvgIpc) is 3.31. The fraction of sp³-hybridized carbons (Fsp3) is 0.294. The van der Waals surface area contributed by atoms with E-state index >= 15 is 0 Å². The Morgan fingerprint density at radius 3 is 2.22 bits per heavy atom. The Morgan fingerprint density at radius 2 is 1.70 bits per heavy atom. The lowest BCUT2D eigenvalue weighted by atomic mass is 10.1. The maximum atomic E-state index is 12.8.